The van der Waals surface area contributed by atoms with Crippen LogP contribution in [0.15, 0.2) is 17.1 Å². The fourth-order valence-electron chi connectivity index (χ4n) is 2.54. The van der Waals surface area contributed by atoms with Crippen LogP contribution < -0.4 is 4.74 Å². The second kappa shape index (κ2) is 4.50. The lowest BCUT2D eigenvalue weighted by atomic mass is 9.82. The smallest absolute Gasteiger partial charge is 0.235 e. The SMILES string of the molecule is COc1c(C(C)(C)C)cc(C)cc1C1(N=C=O)CC1. The van der Waals surface area contributed by atoms with Crippen LogP contribution in [-0.2, 0) is 15.7 Å². The van der Waals surface area contributed by atoms with Gasteiger partial charge >= 0.3 is 0 Å². The summed E-state index contributed by atoms with van der Waals surface area (Å²) in [5, 5.41) is 0. The van der Waals surface area contributed by atoms with Crippen LogP contribution in [0.25, 0.3) is 0 Å². The van der Waals surface area contributed by atoms with E-state index in [1.165, 1.54) is 5.56 Å². The highest BCUT2D eigenvalue weighted by Gasteiger charge is 2.47. The molecular formula is C16H21NO2. The third-order valence-electron chi connectivity index (χ3n) is 3.73. The van der Waals surface area contributed by atoms with Crippen LogP contribution in [-0.4, -0.2) is 13.2 Å². The van der Waals surface area contributed by atoms with Crippen LogP contribution in [0.2, 0.25) is 0 Å². The van der Waals surface area contributed by atoms with E-state index in [1.807, 2.05) is 0 Å². The number of aryl methyl sites for hydroxylation is 1. The lowest BCUT2D eigenvalue weighted by molar-refractivity contribution is 0.387. The van der Waals surface area contributed by atoms with Crippen molar-refractivity contribution in [1.82, 2.24) is 0 Å². The first-order valence-corrected chi connectivity index (χ1v) is 6.63. The molecule has 1 saturated carbocycles. The molecule has 0 N–H and O–H groups in total. The van der Waals surface area contributed by atoms with Gasteiger partial charge in [0.2, 0.25) is 6.08 Å². The molecule has 1 aliphatic rings. The lowest BCUT2D eigenvalue weighted by Gasteiger charge is -2.26. The molecule has 0 unspecified atom stereocenters. The van der Waals surface area contributed by atoms with E-state index in [0.29, 0.717) is 0 Å². The standard InChI is InChI=1S/C16H21NO2/c1-11-8-12(15(2,3)4)14(19-5)13(9-11)16(6-7-16)17-10-18/h8-9H,6-7H2,1-5H3. The summed E-state index contributed by atoms with van der Waals surface area (Å²) in [7, 11) is 1.68. The minimum Gasteiger partial charge on any atom is -0.496 e. The van der Waals surface area contributed by atoms with Crippen molar-refractivity contribution < 1.29 is 9.53 Å². The molecule has 0 atom stereocenters. The van der Waals surface area contributed by atoms with E-state index in [9.17, 15) is 4.79 Å². The van der Waals surface area contributed by atoms with Crippen LogP contribution >= 0.6 is 0 Å². The summed E-state index contributed by atoms with van der Waals surface area (Å²) < 4.78 is 5.64. The second-order valence-electron chi connectivity index (χ2n) is 6.38. The van der Waals surface area contributed by atoms with Crippen LogP contribution in [0.1, 0.15) is 50.3 Å². The first-order chi connectivity index (χ1) is 8.84. The van der Waals surface area contributed by atoms with Gasteiger partial charge in [0.1, 0.15) is 11.3 Å². The monoisotopic (exact) mass is 259 g/mol. The predicted octanol–water partition coefficient (Wildman–Crippen LogP) is 3.63. The molecule has 0 radical (unpaired) electrons. The van der Waals surface area contributed by atoms with Gasteiger partial charge in [-0.25, -0.2) is 4.79 Å². The Hall–Kier alpha value is -1.60. The van der Waals surface area contributed by atoms with Gasteiger partial charge in [0.05, 0.1) is 7.11 Å². The number of benzene rings is 1. The first-order valence-electron chi connectivity index (χ1n) is 6.63. The summed E-state index contributed by atoms with van der Waals surface area (Å²) in [6.45, 7) is 8.56. The maximum atomic E-state index is 10.7. The van der Waals surface area contributed by atoms with Gasteiger partial charge in [-0.3, -0.25) is 0 Å². The summed E-state index contributed by atoms with van der Waals surface area (Å²) in [5.74, 6) is 0.870. The van der Waals surface area contributed by atoms with Crippen molar-refractivity contribution in [3.8, 4) is 5.75 Å². The Morgan fingerprint density at radius 2 is 1.95 bits per heavy atom. The Morgan fingerprint density at radius 1 is 1.32 bits per heavy atom. The Bertz CT molecular complexity index is 545. The van der Waals surface area contributed by atoms with Crippen LogP contribution in [0.3, 0.4) is 0 Å². The topological polar surface area (TPSA) is 38.7 Å². The number of carbonyl (C=O) groups excluding carboxylic acids is 1. The molecule has 0 spiro atoms. The van der Waals surface area contributed by atoms with Gasteiger partial charge in [-0.1, -0.05) is 32.4 Å². The molecule has 102 valence electrons. The van der Waals surface area contributed by atoms with E-state index in [-0.39, 0.29) is 11.0 Å². The number of aliphatic imine (C=N–C) groups is 1. The molecule has 0 saturated heterocycles. The number of ether oxygens (including phenoxy) is 1. The molecule has 0 heterocycles. The first kappa shape index (κ1) is 13.8. The minimum absolute atomic E-state index is 0.00686. The lowest BCUT2D eigenvalue weighted by Crippen LogP contribution is -2.16. The number of methoxy groups -OCH3 is 1. The molecule has 3 heteroatoms. The summed E-state index contributed by atoms with van der Waals surface area (Å²) >= 11 is 0. The minimum atomic E-state index is -0.390. The van der Waals surface area contributed by atoms with Crippen molar-refractivity contribution in [2.24, 2.45) is 4.99 Å². The van der Waals surface area contributed by atoms with E-state index < -0.39 is 0 Å². The molecule has 0 aliphatic heterocycles. The van der Waals surface area contributed by atoms with Crippen molar-refractivity contribution in [3.05, 3.63) is 28.8 Å². The maximum absolute atomic E-state index is 10.7. The van der Waals surface area contributed by atoms with Crippen molar-refractivity contribution in [3.63, 3.8) is 0 Å². The van der Waals surface area contributed by atoms with Gasteiger partial charge in [-0.2, -0.15) is 4.99 Å². The Kier molecular flexibility index (Phi) is 3.27. The Balaban J connectivity index is 2.68. The molecule has 0 bridgehead atoms. The summed E-state index contributed by atoms with van der Waals surface area (Å²) in [6.07, 6.45) is 3.51. The quantitative estimate of drug-likeness (QED) is 0.614. The van der Waals surface area contributed by atoms with Crippen LogP contribution in [0.4, 0.5) is 0 Å². The average Bonchev–Trinajstić information content (AvgIpc) is 3.08. The van der Waals surface area contributed by atoms with Crippen molar-refractivity contribution in [2.75, 3.05) is 7.11 Å². The molecule has 1 aromatic rings. The third-order valence-corrected chi connectivity index (χ3v) is 3.73. The fourth-order valence-corrected chi connectivity index (χ4v) is 2.54. The highest BCUT2D eigenvalue weighted by molar-refractivity contribution is 5.54. The largest absolute Gasteiger partial charge is 0.496 e. The molecular weight excluding hydrogens is 238 g/mol. The summed E-state index contributed by atoms with van der Waals surface area (Å²) in [4.78, 5) is 14.7. The Morgan fingerprint density at radius 3 is 2.37 bits per heavy atom. The average molecular weight is 259 g/mol. The van der Waals surface area contributed by atoms with Gasteiger partial charge in [-0.05, 0) is 31.2 Å². The third kappa shape index (κ3) is 2.43. The number of hydrogen-bond acceptors (Lipinski definition) is 3. The summed E-state index contributed by atoms with van der Waals surface area (Å²) in [6, 6.07) is 4.24. The molecule has 19 heavy (non-hydrogen) atoms. The molecule has 1 fully saturated rings. The number of hydrogen-bond donors (Lipinski definition) is 0. The van der Waals surface area contributed by atoms with E-state index in [2.05, 4.69) is 44.8 Å². The van der Waals surface area contributed by atoms with E-state index in [4.69, 9.17) is 4.74 Å². The van der Waals surface area contributed by atoms with Gasteiger partial charge < -0.3 is 4.74 Å². The number of nitrogens with zero attached hydrogens (tertiary/aromatic N) is 1. The van der Waals surface area contributed by atoms with Crippen molar-refractivity contribution in [1.29, 1.82) is 0 Å². The van der Waals surface area contributed by atoms with Crippen LogP contribution in [0.5, 0.6) is 5.75 Å². The molecule has 1 aromatic carbocycles. The molecule has 0 aromatic heterocycles. The maximum Gasteiger partial charge on any atom is 0.235 e. The van der Waals surface area contributed by atoms with E-state index in [0.717, 1.165) is 29.7 Å². The second-order valence-corrected chi connectivity index (χ2v) is 6.38. The van der Waals surface area contributed by atoms with Crippen LogP contribution in [0, 0.1) is 6.92 Å². The van der Waals surface area contributed by atoms with Gasteiger partial charge in [-0.15, -0.1) is 0 Å². The van der Waals surface area contributed by atoms with Crippen molar-refractivity contribution >= 4 is 6.08 Å². The number of isocyanates is 1. The molecule has 0 amide bonds. The van der Waals surface area contributed by atoms with E-state index >= 15 is 0 Å². The zero-order valence-corrected chi connectivity index (χ0v) is 12.3. The zero-order valence-electron chi connectivity index (χ0n) is 12.3. The molecule has 1 aliphatic carbocycles. The molecule has 3 nitrogen and oxygen atoms in total. The predicted molar refractivity (Wildman–Crippen MR) is 75.5 cm³/mol. The van der Waals surface area contributed by atoms with Gasteiger partial charge in [0, 0.05) is 11.1 Å². The van der Waals surface area contributed by atoms with E-state index in [1.54, 1.807) is 13.2 Å². The summed E-state index contributed by atoms with van der Waals surface area (Å²) in [5.41, 5.74) is 2.97. The van der Waals surface area contributed by atoms with Gasteiger partial charge in [0.15, 0.2) is 0 Å². The highest BCUT2D eigenvalue weighted by Crippen LogP contribution is 2.54. The van der Waals surface area contributed by atoms with Crippen molar-refractivity contribution in [2.45, 2.75) is 51.5 Å². The van der Waals surface area contributed by atoms with Gasteiger partial charge in [0.25, 0.3) is 0 Å². The fraction of sp³-hybridized carbons (Fsp3) is 0.562. The highest BCUT2D eigenvalue weighted by atomic mass is 16.5. The molecule has 2 rings (SSSR count). The number of rotatable bonds is 3. The zero-order chi connectivity index (χ0) is 14.3. The normalized spacial score (nSPS) is 16.7. The Labute approximate surface area is 114 Å².